The van der Waals surface area contributed by atoms with Gasteiger partial charge in [0.15, 0.2) is 0 Å². The number of alkyl halides is 3. The number of carbonyl (C=O) groups is 1. The number of hydrogen-bond acceptors (Lipinski definition) is 3. The van der Waals surface area contributed by atoms with Gasteiger partial charge in [0.05, 0.1) is 0 Å². The maximum absolute atomic E-state index is 12.2. The number of hydrogen-bond donors (Lipinski definition) is 2. The second-order valence-electron chi connectivity index (χ2n) is 4.73. The van der Waals surface area contributed by atoms with E-state index < -0.39 is 5.51 Å². The summed E-state index contributed by atoms with van der Waals surface area (Å²) in [5.41, 5.74) is -3.66. The number of thioether (sulfide) groups is 1. The Morgan fingerprint density at radius 3 is 2.55 bits per heavy atom. The van der Waals surface area contributed by atoms with Crippen LogP contribution in [-0.4, -0.2) is 29.2 Å². The summed E-state index contributed by atoms with van der Waals surface area (Å²) in [4.78, 5) is 11.7. The zero-order valence-corrected chi connectivity index (χ0v) is 12.9. The molecule has 0 aromatic heterocycles. The molecule has 0 saturated carbocycles. The first-order valence-electron chi connectivity index (χ1n) is 6.75. The topological polar surface area (TPSA) is 49.3 Å². The van der Waals surface area contributed by atoms with Gasteiger partial charge < -0.3 is 10.4 Å². The second-order valence-corrected chi connectivity index (χ2v) is 5.86. The zero-order valence-electron chi connectivity index (χ0n) is 12.1. The third kappa shape index (κ3) is 8.09. The summed E-state index contributed by atoms with van der Waals surface area (Å²) in [7, 11) is 0. The molecular weight excluding hydrogens is 315 g/mol. The Balaban J connectivity index is 2.50. The number of benzene rings is 1. The van der Waals surface area contributed by atoms with Crippen LogP contribution >= 0.6 is 11.8 Å². The Morgan fingerprint density at radius 1 is 1.36 bits per heavy atom. The Hall–Kier alpha value is -1.47. The van der Waals surface area contributed by atoms with Crippen molar-refractivity contribution in [3.63, 3.8) is 0 Å². The highest BCUT2D eigenvalue weighted by Gasteiger charge is 2.28. The molecule has 3 nitrogen and oxygen atoms in total. The Labute approximate surface area is 131 Å². The highest BCUT2D eigenvalue weighted by molar-refractivity contribution is 8.00. The molecule has 0 aliphatic rings. The molecule has 0 bridgehead atoms. The predicted molar refractivity (Wildman–Crippen MR) is 81.3 cm³/mol. The molecule has 0 heterocycles. The van der Waals surface area contributed by atoms with Crippen molar-refractivity contribution in [2.45, 2.75) is 36.2 Å². The van der Waals surface area contributed by atoms with Gasteiger partial charge in [-0.05, 0) is 55.3 Å². The normalized spacial score (nSPS) is 13.3. The SMILES string of the molecule is CC(CCCO)NC(=O)/C=C/c1ccc(SC(F)(F)F)cc1. The van der Waals surface area contributed by atoms with Crippen LogP contribution in [-0.2, 0) is 4.79 Å². The van der Waals surface area contributed by atoms with Crippen LogP contribution in [0.3, 0.4) is 0 Å². The van der Waals surface area contributed by atoms with Crippen LogP contribution in [0.15, 0.2) is 35.2 Å². The molecule has 1 atom stereocenters. The Bertz CT molecular complexity index is 501. The molecule has 122 valence electrons. The van der Waals surface area contributed by atoms with Crippen molar-refractivity contribution in [3.8, 4) is 0 Å². The van der Waals surface area contributed by atoms with Gasteiger partial charge in [-0.15, -0.1) is 0 Å². The van der Waals surface area contributed by atoms with Gasteiger partial charge in [-0.1, -0.05) is 12.1 Å². The van der Waals surface area contributed by atoms with Crippen molar-refractivity contribution in [2.75, 3.05) is 6.61 Å². The molecular formula is C15H18F3NO2S. The molecule has 22 heavy (non-hydrogen) atoms. The van der Waals surface area contributed by atoms with Gasteiger partial charge >= 0.3 is 5.51 Å². The van der Waals surface area contributed by atoms with Gasteiger partial charge in [0.1, 0.15) is 0 Å². The second kappa shape index (κ2) is 8.85. The lowest BCUT2D eigenvalue weighted by molar-refractivity contribution is -0.117. The lowest BCUT2D eigenvalue weighted by Gasteiger charge is -2.11. The highest BCUT2D eigenvalue weighted by atomic mass is 32.2. The van der Waals surface area contributed by atoms with E-state index in [1.54, 1.807) is 0 Å². The van der Waals surface area contributed by atoms with E-state index in [9.17, 15) is 18.0 Å². The van der Waals surface area contributed by atoms with E-state index in [4.69, 9.17) is 5.11 Å². The molecule has 7 heteroatoms. The fourth-order valence-corrected chi connectivity index (χ4v) is 2.25. The van der Waals surface area contributed by atoms with E-state index >= 15 is 0 Å². The first kappa shape index (κ1) is 18.6. The Morgan fingerprint density at radius 2 is 2.00 bits per heavy atom. The van der Waals surface area contributed by atoms with E-state index in [0.717, 1.165) is 0 Å². The van der Waals surface area contributed by atoms with Gasteiger partial charge in [-0.25, -0.2) is 0 Å². The molecule has 0 spiro atoms. The molecule has 1 unspecified atom stereocenters. The highest BCUT2D eigenvalue weighted by Crippen LogP contribution is 2.36. The maximum atomic E-state index is 12.2. The van der Waals surface area contributed by atoms with Crippen molar-refractivity contribution in [2.24, 2.45) is 0 Å². The Kier molecular flexibility index (Phi) is 7.47. The molecule has 2 N–H and O–H groups in total. The lowest BCUT2D eigenvalue weighted by atomic mass is 10.2. The molecule has 0 saturated heterocycles. The molecule has 0 aliphatic heterocycles. The number of halogens is 3. The van der Waals surface area contributed by atoms with Gasteiger partial charge in [0.2, 0.25) is 5.91 Å². The quantitative estimate of drug-likeness (QED) is 0.592. The summed E-state index contributed by atoms with van der Waals surface area (Å²) < 4.78 is 36.6. The third-order valence-electron chi connectivity index (χ3n) is 2.72. The third-order valence-corrected chi connectivity index (χ3v) is 3.46. The molecule has 1 rings (SSSR count). The van der Waals surface area contributed by atoms with E-state index in [0.29, 0.717) is 18.4 Å². The average molecular weight is 333 g/mol. The van der Waals surface area contributed by atoms with Crippen LogP contribution in [0.1, 0.15) is 25.3 Å². The largest absolute Gasteiger partial charge is 0.446 e. The summed E-state index contributed by atoms with van der Waals surface area (Å²) in [5.74, 6) is -0.279. The number of carbonyl (C=O) groups excluding carboxylic acids is 1. The summed E-state index contributed by atoms with van der Waals surface area (Å²) >= 11 is -0.174. The van der Waals surface area contributed by atoms with Crippen molar-refractivity contribution in [1.82, 2.24) is 5.32 Å². The van der Waals surface area contributed by atoms with Crippen LogP contribution in [0, 0.1) is 0 Å². The zero-order chi connectivity index (χ0) is 16.6. The fourth-order valence-electron chi connectivity index (χ4n) is 1.71. The van der Waals surface area contributed by atoms with E-state index in [-0.39, 0.29) is 35.2 Å². The number of aliphatic hydroxyl groups excluding tert-OH is 1. The molecule has 0 aliphatic carbocycles. The van der Waals surface area contributed by atoms with Gasteiger partial charge in [0, 0.05) is 23.6 Å². The number of amides is 1. The van der Waals surface area contributed by atoms with Crippen LogP contribution in [0.2, 0.25) is 0 Å². The van der Waals surface area contributed by atoms with Crippen molar-refractivity contribution >= 4 is 23.7 Å². The number of rotatable bonds is 7. The first-order valence-corrected chi connectivity index (χ1v) is 7.57. The standard InChI is InChI=1S/C15H18F3NO2S/c1-11(3-2-10-20)19-14(21)9-6-12-4-7-13(8-5-12)22-15(16,17)18/h4-9,11,20H,2-3,10H2,1H3,(H,19,21)/b9-6+. The van der Waals surface area contributed by atoms with Gasteiger partial charge in [0.25, 0.3) is 0 Å². The van der Waals surface area contributed by atoms with E-state index in [2.05, 4.69) is 5.32 Å². The molecule has 0 fully saturated rings. The van der Waals surface area contributed by atoms with Crippen LogP contribution in [0.4, 0.5) is 13.2 Å². The minimum Gasteiger partial charge on any atom is -0.396 e. The van der Waals surface area contributed by atoms with Crippen molar-refractivity contribution in [1.29, 1.82) is 0 Å². The minimum atomic E-state index is -4.30. The fraction of sp³-hybridized carbons (Fsp3) is 0.400. The summed E-state index contributed by atoms with van der Waals surface area (Å²) in [6.45, 7) is 1.92. The summed E-state index contributed by atoms with van der Waals surface area (Å²) in [6, 6.07) is 5.72. The maximum Gasteiger partial charge on any atom is 0.446 e. The van der Waals surface area contributed by atoms with Crippen LogP contribution in [0.5, 0.6) is 0 Å². The van der Waals surface area contributed by atoms with E-state index in [1.807, 2.05) is 6.92 Å². The van der Waals surface area contributed by atoms with Crippen molar-refractivity contribution < 1.29 is 23.1 Å². The van der Waals surface area contributed by atoms with Crippen LogP contribution < -0.4 is 5.32 Å². The summed E-state index contributed by atoms with van der Waals surface area (Å²) in [5, 5.41) is 11.4. The minimum absolute atomic E-state index is 0.0464. The van der Waals surface area contributed by atoms with E-state index in [1.165, 1.54) is 36.4 Å². The lowest BCUT2D eigenvalue weighted by Crippen LogP contribution is -2.31. The first-order chi connectivity index (χ1) is 10.3. The van der Waals surface area contributed by atoms with Gasteiger partial charge in [-0.2, -0.15) is 13.2 Å². The average Bonchev–Trinajstić information content (AvgIpc) is 2.42. The van der Waals surface area contributed by atoms with Crippen molar-refractivity contribution in [3.05, 3.63) is 35.9 Å². The number of aliphatic hydroxyl groups is 1. The predicted octanol–water partition coefficient (Wildman–Crippen LogP) is 3.59. The molecule has 1 amide bonds. The molecule has 0 radical (unpaired) electrons. The smallest absolute Gasteiger partial charge is 0.396 e. The monoisotopic (exact) mass is 333 g/mol. The summed E-state index contributed by atoms with van der Waals surface area (Å²) in [6.07, 6.45) is 4.17. The molecule has 1 aromatic carbocycles. The van der Waals surface area contributed by atoms with Crippen LogP contribution in [0.25, 0.3) is 6.08 Å². The number of nitrogens with one attached hydrogen (secondary N) is 1. The van der Waals surface area contributed by atoms with Gasteiger partial charge in [-0.3, -0.25) is 4.79 Å². The molecule has 1 aromatic rings.